The van der Waals surface area contributed by atoms with Gasteiger partial charge in [0.1, 0.15) is 0 Å². The van der Waals surface area contributed by atoms with E-state index in [0.717, 1.165) is 38.4 Å². The zero-order valence-corrected chi connectivity index (χ0v) is 16.6. The maximum absolute atomic E-state index is 12.2. The van der Waals surface area contributed by atoms with Gasteiger partial charge in [-0.3, -0.25) is 4.79 Å². The highest BCUT2D eigenvalue weighted by Gasteiger charge is 2.06. The van der Waals surface area contributed by atoms with Gasteiger partial charge in [0.05, 0.1) is 12.8 Å². The number of carbonyl (C=O) groups is 1. The molecule has 29 heavy (non-hydrogen) atoms. The lowest BCUT2D eigenvalue weighted by atomic mass is 9.97. The van der Waals surface area contributed by atoms with Crippen molar-refractivity contribution < 1.29 is 4.79 Å². The Bertz CT molecular complexity index is 1170. The topological polar surface area (TPSA) is 53.5 Å². The van der Waals surface area contributed by atoms with Crippen LogP contribution < -0.4 is 10.7 Å². The predicted molar refractivity (Wildman–Crippen MR) is 122 cm³/mol. The number of benzene rings is 4. The summed E-state index contributed by atoms with van der Waals surface area (Å²) < 4.78 is 0. The van der Waals surface area contributed by atoms with Gasteiger partial charge >= 0.3 is 0 Å². The molecule has 4 aromatic carbocycles. The monoisotopic (exact) mass is 381 g/mol. The Morgan fingerprint density at radius 3 is 2.21 bits per heavy atom. The number of rotatable bonds is 5. The highest BCUT2D eigenvalue weighted by molar-refractivity contribution is 6.13. The fourth-order valence-electron chi connectivity index (χ4n) is 3.58. The van der Waals surface area contributed by atoms with Gasteiger partial charge in [0.2, 0.25) is 0 Å². The molecule has 0 unspecified atom stereocenters. The van der Waals surface area contributed by atoms with E-state index in [4.69, 9.17) is 0 Å². The first kappa shape index (κ1) is 18.7. The molecule has 0 radical (unpaired) electrons. The van der Waals surface area contributed by atoms with Gasteiger partial charge in [-0.05, 0) is 53.1 Å². The second kappa shape index (κ2) is 8.15. The third-order valence-corrected chi connectivity index (χ3v) is 5.02. The lowest BCUT2D eigenvalue weighted by Gasteiger charge is -2.10. The first-order valence-corrected chi connectivity index (χ1v) is 9.65. The molecule has 0 aliphatic rings. The molecule has 0 fully saturated rings. The second-order valence-electron chi connectivity index (χ2n) is 7.20. The molecule has 0 aliphatic carbocycles. The summed E-state index contributed by atoms with van der Waals surface area (Å²) >= 11 is 0. The summed E-state index contributed by atoms with van der Waals surface area (Å²) in [4.78, 5) is 12.2. The van der Waals surface area contributed by atoms with Crippen LogP contribution in [0.25, 0.3) is 21.5 Å². The Labute approximate surface area is 170 Å². The van der Waals surface area contributed by atoms with Crippen LogP contribution >= 0.6 is 0 Å². The number of hydrogen-bond acceptors (Lipinski definition) is 3. The first-order valence-electron chi connectivity index (χ1n) is 9.65. The van der Waals surface area contributed by atoms with Crippen LogP contribution in [0.15, 0.2) is 77.9 Å². The molecular weight excluding hydrogens is 358 g/mol. The molecule has 0 heterocycles. The average Bonchev–Trinajstić information content (AvgIpc) is 2.72. The summed E-state index contributed by atoms with van der Waals surface area (Å²) in [7, 11) is 0. The summed E-state index contributed by atoms with van der Waals surface area (Å²) in [6.45, 7) is 4.24. The lowest BCUT2D eigenvalue weighted by molar-refractivity contribution is -0.119. The molecule has 0 saturated heterocycles. The van der Waals surface area contributed by atoms with Crippen LogP contribution in [-0.4, -0.2) is 18.7 Å². The number of hydrazone groups is 1. The van der Waals surface area contributed by atoms with Crippen molar-refractivity contribution in [1.29, 1.82) is 0 Å². The molecule has 0 bridgehead atoms. The van der Waals surface area contributed by atoms with Crippen LogP contribution in [-0.2, 0) is 4.79 Å². The molecule has 0 aromatic heterocycles. The van der Waals surface area contributed by atoms with Gasteiger partial charge in [-0.25, -0.2) is 5.43 Å². The number of nitrogens with zero attached hydrogens (tertiary/aromatic N) is 1. The lowest BCUT2D eigenvalue weighted by Crippen LogP contribution is -2.26. The molecule has 0 spiro atoms. The minimum atomic E-state index is -0.189. The Kier molecular flexibility index (Phi) is 5.25. The molecule has 4 heteroatoms. The van der Waals surface area contributed by atoms with Gasteiger partial charge in [0, 0.05) is 11.3 Å². The van der Waals surface area contributed by atoms with Gasteiger partial charge in [-0.15, -0.1) is 0 Å². The Balaban J connectivity index is 1.51. The van der Waals surface area contributed by atoms with Crippen LogP contribution in [0.3, 0.4) is 0 Å². The van der Waals surface area contributed by atoms with Crippen LogP contribution in [0.1, 0.15) is 16.7 Å². The van der Waals surface area contributed by atoms with Crippen molar-refractivity contribution >= 4 is 39.4 Å². The van der Waals surface area contributed by atoms with Crippen molar-refractivity contribution in [3.8, 4) is 0 Å². The number of aryl methyl sites for hydroxylation is 2. The molecule has 4 nitrogen and oxygen atoms in total. The van der Waals surface area contributed by atoms with Crippen molar-refractivity contribution in [2.75, 3.05) is 11.9 Å². The maximum Gasteiger partial charge on any atom is 0.259 e. The number of hydrogen-bond donors (Lipinski definition) is 2. The zero-order chi connectivity index (χ0) is 20.2. The number of carbonyl (C=O) groups excluding carboxylic acids is 1. The molecule has 144 valence electrons. The van der Waals surface area contributed by atoms with Crippen LogP contribution in [0.2, 0.25) is 0 Å². The van der Waals surface area contributed by atoms with E-state index in [0.29, 0.717) is 0 Å². The van der Waals surface area contributed by atoms with Gasteiger partial charge in [0.25, 0.3) is 5.91 Å². The summed E-state index contributed by atoms with van der Waals surface area (Å²) in [6, 6.07) is 24.7. The zero-order valence-electron chi connectivity index (χ0n) is 16.6. The van der Waals surface area contributed by atoms with E-state index < -0.39 is 0 Å². The summed E-state index contributed by atoms with van der Waals surface area (Å²) in [6.07, 6.45) is 1.74. The van der Waals surface area contributed by atoms with Crippen molar-refractivity contribution in [2.24, 2.45) is 5.10 Å². The van der Waals surface area contributed by atoms with Crippen molar-refractivity contribution in [3.05, 3.63) is 89.5 Å². The van der Waals surface area contributed by atoms with Gasteiger partial charge in [0.15, 0.2) is 0 Å². The smallest absolute Gasteiger partial charge is 0.259 e. The summed E-state index contributed by atoms with van der Waals surface area (Å²) in [5.41, 5.74) is 6.90. The molecule has 0 saturated carbocycles. The fraction of sp³-hybridized carbons (Fsp3) is 0.120. The molecule has 0 aliphatic heterocycles. The second-order valence-corrected chi connectivity index (χ2v) is 7.20. The van der Waals surface area contributed by atoms with E-state index in [2.05, 4.69) is 59.2 Å². The molecule has 4 aromatic rings. The number of anilines is 1. The van der Waals surface area contributed by atoms with Crippen LogP contribution in [0.4, 0.5) is 5.69 Å². The minimum absolute atomic E-state index is 0.164. The fourth-order valence-corrected chi connectivity index (χ4v) is 3.58. The largest absolute Gasteiger partial charge is 0.376 e. The summed E-state index contributed by atoms with van der Waals surface area (Å²) in [5.74, 6) is -0.189. The molecule has 0 atom stereocenters. The van der Waals surface area contributed by atoms with Gasteiger partial charge in [-0.2, -0.15) is 5.10 Å². The highest BCUT2D eigenvalue weighted by Crippen LogP contribution is 2.27. The quantitative estimate of drug-likeness (QED) is 0.285. The van der Waals surface area contributed by atoms with Crippen molar-refractivity contribution in [3.63, 3.8) is 0 Å². The van der Waals surface area contributed by atoms with Gasteiger partial charge in [-0.1, -0.05) is 66.2 Å². The van der Waals surface area contributed by atoms with E-state index in [1.807, 2.05) is 43.3 Å². The third-order valence-electron chi connectivity index (χ3n) is 5.02. The Morgan fingerprint density at radius 2 is 1.55 bits per heavy atom. The van der Waals surface area contributed by atoms with E-state index in [-0.39, 0.29) is 12.5 Å². The van der Waals surface area contributed by atoms with Gasteiger partial charge < -0.3 is 5.32 Å². The highest BCUT2D eigenvalue weighted by atomic mass is 16.2. The summed E-state index contributed by atoms with van der Waals surface area (Å²) in [5, 5.41) is 11.9. The van der Waals surface area contributed by atoms with E-state index in [1.165, 1.54) is 5.56 Å². The Hall–Kier alpha value is -3.66. The number of amides is 1. The molecule has 1 amide bonds. The predicted octanol–water partition coefficient (Wildman–Crippen LogP) is 5.17. The van der Waals surface area contributed by atoms with Crippen LogP contribution in [0.5, 0.6) is 0 Å². The minimum Gasteiger partial charge on any atom is -0.376 e. The van der Waals surface area contributed by atoms with E-state index >= 15 is 0 Å². The van der Waals surface area contributed by atoms with E-state index in [9.17, 15) is 4.79 Å². The number of nitrogens with one attached hydrogen (secondary N) is 2. The third kappa shape index (κ3) is 4.11. The average molecular weight is 381 g/mol. The number of fused-ring (bicyclic) bond motifs is 2. The standard InChI is InChI=1S/C25H23N3O/c1-17-11-12-24(18(2)13-17)26-16-25(29)28-27-15-23-21-9-5-3-7-19(21)14-20-8-4-6-10-22(20)23/h3-15,26H,16H2,1-2H3,(H,28,29)/b27-15-. The Morgan fingerprint density at radius 1 is 0.897 bits per heavy atom. The molecule has 4 rings (SSSR count). The van der Waals surface area contributed by atoms with E-state index in [1.54, 1.807) is 6.21 Å². The molecule has 2 N–H and O–H groups in total. The van der Waals surface area contributed by atoms with Crippen molar-refractivity contribution in [1.82, 2.24) is 5.43 Å². The van der Waals surface area contributed by atoms with Crippen molar-refractivity contribution in [2.45, 2.75) is 13.8 Å². The normalized spacial score (nSPS) is 11.2. The molecular formula is C25H23N3O. The first-order chi connectivity index (χ1) is 14.1. The van der Waals surface area contributed by atoms with Crippen LogP contribution in [0, 0.1) is 13.8 Å². The SMILES string of the molecule is Cc1ccc(NCC(=O)N/N=C\c2c3ccccc3cc3ccccc23)c(C)c1. The maximum atomic E-state index is 12.2.